The van der Waals surface area contributed by atoms with Crippen LogP contribution in [0.2, 0.25) is 0 Å². The average Bonchev–Trinajstić information content (AvgIpc) is 2.74. The van der Waals surface area contributed by atoms with Crippen molar-refractivity contribution in [1.82, 2.24) is 0 Å². The summed E-state index contributed by atoms with van der Waals surface area (Å²) in [6.45, 7) is 3.09. The van der Waals surface area contributed by atoms with Crippen molar-refractivity contribution >= 4 is 0 Å². The highest BCUT2D eigenvalue weighted by Crippen LogP contribution is 2.26. The second-order valence-electron chi connectivity index (χ2n) is 7.35. The maximum atomic E-state index is 10.2. The molecular formula is C20H28O10. The highest BCUT2D eigenvalue weighted by Gasteiger charge is 2.46. The van der Waals surface area contributed by atoms with Crippen LogP contribution in [0.5, 0.6) is 5.75 Å². The molecule has 0 spiro atoms. The summed E-state index contributed by atoms with van der Waals surface area (Å²) in [5.74, 6) is 0.387. The summed E-state index contributed by atoms with van der Waals surface area (Å²) in [7, 11) is 0. The van der Waals surface area contributed by atoms with Gasteiger partial charge in [-0.1, -0.05) is 18.2 Å². The Morgan fingerprint density at radius 3 is 2.23 bits per heavy atom. The van der Waals surface area contributed by atoms with Crippen LogP contribution in [0, 0.1) is 0 Å². The summed E-state index contributed by atoms with van der Waals surface area (Å²) in [4.78, 5) is 0. The Balaban J connectivity index is 1.60. The fourth-order valence-corrected chi connectivity index (χ4v) is 3.27. The Morgan fingerprint density at radius 1 is 0.900 bits per heavy atom. The molecule has 0 amide bonds. The Morgan fingerprint density at radius 2 is 1.57 bits per heavy atom. The number of allylic oxidation sites excluding steroid dienone is 1. The number of aliphatic hydroxyl groups is 6. The third-order valence-corrected chi connectivity index (χ3v) is 5.10. The van der Waals surface area contributed by atoms with Crippen LogP contribution in [0.3, 0.4) is 0 Å². The Hall–Kier alpha value is -1.60. The fraction of sp³-hybridized carbons (Fsp3) is 0.600. The van der Waals surface area contributed by atoms with Crippen LogP contribution in [0.25, 0.3) is 0 Å². The molecule has 0 radical (unpaired) electrons. The zero-order valence-electron chi connectivity index (χ0n) is 16.2. The van der Waals surface area contributed by atoms with Crippen LogP contribution in [0.1, 0.15) is 5.56 Å². The van der Waals surface area contributed by atoms with Crippen LogP contribution >= 0.6 is 0 Å². The normalized spacial score (nSPS) is 39.5. The first-order chi connectivity index (χ1) is 14.3. The van der Waals surface area contributed by atoms with Crippen molar-refractivity contribution in [3.05, 3.63) is 42.5 Å². The minimum absolute atomic E-state index is 0.244. The van der Waals surface area contributed by atoms with Gasteiger partial charge in [-0.25, -0.2) is 0 Å². The minimum atomic E-state index is -1.57. The van der Waals surface area contributed by atoms with E-state index in [1.54, 1.807) is 18.2 Å². The lowest BCUT2D eigenvalue weighted by Gasteiger charge is -2.41. The van der Waals surface area contributed by atoms with Crippen molar-refractivity contribution in [3.63, 3.8) is 0 Å². The first-order valence-corrected chi connectivity index (χ1v) is 9.65. The van der Waals surface area contributed by atoms with Gasteiger partial charge in [0, 0.05) is 0 Å². The maximum absolute atomic E-state index is 10.2. The molecule has 1 aromatic rings. The van der Waals surface area contributed by atoms with Crippen molar-refractivity contribution in [3.8, 4) is 5.75 Å². The van der Waals surface area contributed by atoms with Crippen LogP contribution in [-0.4, -0.2) is 99.2 Å². The van der Waals surface area contributed by atoms with Gasteiger partial charge < -0.3 is 49.6 Å². The van der Waals surface area contributed by atoms with Gasteiger partial charge >= 0.3 is 0 Å². The predicted molar refractivity (Wildman–Crippen MR) is 101 cm³/mol. The molecule has 3 rings (SSSR count). The summed E-state index contributed by atoms with van der Waals surface area (Å²) in [5, 5.41) is 59.7. The van der Waals surface area contributed by atoms with Crippen LogP contribution in [0.4, 0.5) is 0 Å². The molecule has 0 bridgehead atoms. The number of rotatable bonds is 7. The first-order valence-electron chi connectivity index (χ1n) is 9.65. The smallest absolute Gasteiger partial charge is 0.229 e. The first kappa shape index (κ1) is 23.1. The monoisotopic (exact) mass is 428 g/mol. The zero-order chi connectivity index (χ0) is 21.8. The van der Waals surface area contributed by atoms with Gasteiger partial charge in [0.05, 0.1) is 13.2 Å². The molecule has 0 saturated carbocycles. The molecule has 0 unspecified atom stereocenters. The third kappa shape index (κ3) is 5.17. The highest BCUT2D eigenvalue weighted by atomic mass is 16.7. The number of aliphatic hydroxyl groups excluding tert-OH is 6. The molecule has 9 atom stereocenters. The van der Waals surface area contributed by atoms with Gasteiger partial charge in [0.1, 0.15) is 48.5 Å². The zero-order valence-corrected chi connectivity index (χ0v) is 16.2. The largest absolute Gasteiger partial charge is 0.462 e. The fourth-order valence-electron chi connectivity index (χ4n) is 3.27. The van der Waals surface area contributed by atoms with E-state index in [4.69, 9.17) is 18.9 Å². The van der Waals surface area contributed by atoms with E-state index < -0.39 is 55.3 Å². The van der Waals surface area contributed by atoms with Crippen molar-refractivity contribution in [2.75, 3.05) is 13.2 Å². The summed E-state index contributed by atoms with van der Waals surface area (Å²) < 4.78 is 21.7. The van der Waals surface area contributed by atoms with Gasteiger partial charge in [-0.05, 0) is 24.1 Å². The molecule has 10 heteroatoms. The molecule has 0 aliphatic carbocycles. The van der Waals surface area contributed by atoms with Gasteiger partial charge in [-0.3, -0.25) is 0 Å². The molecule has 10 nitrogen and oxygen atoms in total. The van der Waals surface area contributed by atoms with Gasteiger partial charge in [-0.2, -0.15) is 0 Å². The topological polar surface area (TPSA) is 158 Å². The van der Waals surface area contributed by atoms with E-state index in [-0.39, 0.29) is 13.2 Å². The van der Waals surface area contributed by atoms with Crippen LogP contribution in [-0.2, 0) is 20.6 Å². The summed E-state index contributed by atoms with van der Waals surface area (Å²) in [6, 6.07) is 6.99. The van der Waals surface area contributed by atoms with Crippen LogP contribution in [0.15, 0.2) is 36.9 Å². The number of benzene rings is 1. The van der Waals surface area contributed by atoms with Gasteiger partial charge in [0.2, 0.25) is 6.29 Å². The van der Waals surface area contributed by atoms with E-state index in [9.17, 15) is 30.6 Å². The number of hydrogen-bond donors (Lipinski definition) is 6. The molecule has 0 aromatic heterocycles. The van der Waals surface area contributed by atoms with Crippen molar-refractivity contribution < 1.29 is 49.6 Å². The quantitative estimate of drug-likeness (QED) is 0.270. The Kier molecular flexibility index (Phi) is 7.80. The minimum Gasteiger partial charge on any atom is -0.462 e. The van der Waals surface area contributed by atoms with Gasteiger partial charge in [0.25, 0.3) is 0 Å². The number of ether oxygens (including phenoxy) is 4. The molecule has 2 aliphatic rings. The molecule has 2 aliphatic heterocycles. The molecule has 30 heavy (non-hydrogen) atoms. The second kappa shape index (κ2) is 10.1. The molecule has 2 fully saturated rings. The van der Waals surface area contributed by atoms with Crippen molar-refractivity contribution in [2.24, 2.45) is 0 Å². The summed E-state index contributed by atoms with van der Waals surface area (Å²) >= 11 is 0. The average molecular weight is 428 g/mol. The summed E-state index contributed by atoms with van der Waals surface area (Å²) in [6.07, 6.45) is -10.00. The van der Waals surface area contributed by atoms with E-state index in [0.29, 0.717) is 12.2 Å². The lowest BCUT2D eigenvalue weighted by Crippen LogP contribution is -2.61. The lowest BCUT2D eigenvalue weighted by molar-refractivity contribution is -0.307. The van der Waals surface area contributed by atoms with Crippen LogP contribution < -0.4 is 4.74 Å². The highest BCUT2D eigenvalue weighted by molar-refractivity contribution is 5.28. The predicted octanol–water partition coefficient (Wildman–Crippen LogP) is -1.94. The lowest BCUT2D eigenvalue weighted by atomic mass is 9.99. The number of hydrogen-bond acceptors (Lipinski definition) is 10. The molecule has 1 aromatic carbocycles. The van der Waals surface area contributed by atoms with Gasteiger partial charge in [-0.15, -0.1) is 6.58 Å². The standard InChI is InChI=1S/C20H28O10/c1-2-3-10-4-6-11(7-5-10)29-20-18(26)16(24)15(23)13(30-20)9-28-19-17(25)14(22)12(21)8-27-19/h2,4-7,12-26H,1,3,8-9H2/t12-,13-,14+,15-,16+,17-,18-,19-,20+/m1/s1. The van der Waals surface area contributed by atoms with E-state index in [1.165, 1.54) is 0 Å². The van der Waals surface area contributed by atoms with Gasteiger partial charge in [0.15, 0.2) is 6.29 Å². The van der Waals surface area contributed by atoms with E-state index >= 15 is 0 Å². The summed E-state index contributed by atoms with van der Waals surface area (Å²) in [5.41, 5.74) is 1.02. The van der Waals surface area contributed by atoms with E-state index in [0.717, 1.165) is 5.56 Å². The molecule has 6 N–H and O–H groups in total. The molecule has 168 valence electrons. The molecule has 2 saturated heterocycles. The third-order valence-electron chi connectivity index (χ3n) is 5.10. The van der Waals surface area contributed by atoms with Crippen molar-refractivity contribution in [1.29, 1.82) is 0 Å². The molecular weight excluding hydrogens is 400 g/mol. The Bertz CT molecular complexity index is 683. The van der Waals surface area contributed by atoms with E-state index in [2.05, 4.69) is 6.58 Å². The Labute approximate surface area is 173 Å². The molecule has 2 heterocycles. The maximum Gasteiger partial charge on any atom is 0.229 e. The van der Waals surface area contributed by atoms with Crippen molar-refractivity contribution in [2.45, 2.75) is 61.7 Å². The SMILES string of the molecule is C=CCc1ccc(O[C@H]2O[C@H](CO[C@H]3OC[C@@H](O)[C@H](O)[C@H]3O)[C@@H](O)[C@H](O)[C@H]2O)cc1. The second-order valence-corrected chi connectivity index (χ2v) is 7.35. The van der Waals surface area contributed by atoms with E-state index in [1.807, 2.05) is 12.1 Å².